The van der Waals surface area contributed by atoms with Crippen LogP contribution in [0.3, 0.4) is 0 Å². The topological polar surface area (TPSA) is 46.9 Å². The van der Waals surface area contributed by atoms with Gasteiger partial charge in [-0.25, -0.2) is 4.98 Å². The summed E-state index contributed by atoms with van der Waals surface area (Å²) in [7, 11) is 0. The molecule has 0 aliphatic carbocycles. The molecule has 84 valence electrons. The van der Waals surface area contributed by atoms with Gasteiger partial charge < -0.3 is 9.88 Å². The number of carbonyl (C=O) groups excluding carboxylic acids is 1. The molecule has 0 aliphatic rings. The van der Waals surface area contributed by atoms with Gasteiger partial charge in [0.15, 0.2) is 0 Å². The number of nitrogens with zero attached hydrogens (tertiary/aromatic N) is 2. The normalized spacial score (nSPS) is 12.3. The second kappa shape index (κ2) is 4.94. The zero-order valence-corrected chi connectivity index (χ0v) is 9.78. The van der Waals surface area contributed by atoms with Crippen molar-refractivity contribution in [2.24, 2.45) is 0 Å². The average Bonchev–Trinajstić information content (AvgIpc) is 2.88. The van der Waals surface area contributed by atoms with Gasteiger partial charge in [-0.15, -0.1) is 0 Å². The van der Waals surface area contributed by atoms with Crippen molar-refractivity contribution < 1.29 is 4.79 Å². The van der Waals surface area contributed by atoms with Gasteiger partial charge in [-0.05, 0) is 18.4 Å². The number of aromatic nitrogens is 2. The maximum absolute atomic E-state index is 11.7. The Morgan fingerprint density at radius 2 is 2.56 bits per heavy atom. The third-order valence-corrected chi connectivity index (χ3v) is 2.89. The Bertz CT molecular complexity index is 436. The van der Waals surface area contributed by atoms with E-state index in [-0.39, 0.29) is 11.9 Å². The van der Waals surface area contributed by atoms with E-state index >= 15 is 0 Å². The van der Waals surface area contributed by atoms with Crippen molar-refractivity contribution in [2.45, 2.75) is 19.5 Å². The summed E-state index contributed by atoms with van der Waals surface area (Å²) in [6, 6.07) is 1.91. The zero-order chi connectivity index (χ0) is 11.4. The molecule has 16 heavy (non-hydrogen) atoms. The molecule has 1 N–H and O–H groups in total. The zero-order valence-electron chi connectivity index (χ0n) is 8.96. The summed E-state index contributed by atoms with van der Waals surface area (Å²) in [6.45, 7) is 2.71. The van der Waals surface area contributed by atoms with E-state index in [1.54, 1.807) is 12.5 Å². The molecule has 2 rings (SSSR count). The summed E-state index contributed by atoms with van der Waals surface area (Å²) in [5.41, 5.74) is 0.725. The lowest BCUT2D eigenvalue weighted by Crippen LogP contribution is -2.35. The molecule has 1 amide bonds. The Morgan fingerprint density at radius 3 is 3.19 bits per heavy atom. The van der Waals surface area contributed by atoms with Crippen LogP contribution in [0.25, 0.3) is 0 Å². The van der Waals surface area contributed by atoms with Crippen LogP contribution in [0.1, 0.15) is 17.3 Å². The number of imidazole rings is 1. The highest BCUT2D eigenvalue weighted by Gasteiger charge is 2.09. The molecule has 2 heterocycles. The minimum absolute atomic E-state index is 0.0196. The maximum Gasteiger partial charge on any atom is 0.252 e. The van der Waals surface area contributed by atoms with Gasteiger partial charge in [0.1, 0.15) is 0 Å². The second-order valence-corrected chi connectivity index (χ2v) is 4.43. The van der Waals surface area contributed by atoms with Crippen LogP contribution in [0, 0.1) is 0 Å². The van der Waals surface area contributed by atoms with Crippen LogP contribution in [0.15, 0.2) is 35.5 Å². The Hall–Kier alpha value is -1.62. The van der Waals surface area contributed by atoms with Crippen molar-refractivity contribution in [3.63, 3.8) is 0 Å². The summed E-state index contributed by atoms with van der Waals surface area (Å²) in [5.74, 6) is -0.0196. The molecule has 0 spiro atoms. The van der Waals surface area contributed by atoms with Crippen LogP contribution in [0.4, 0.5) is 0 Å². The van der Waals surface area contributed by atoms with Gasteiger partial charge in [0, 0.05) is 35.9 Å². The van der Waals surface area contributed by atoms with Gasteiger partial charge in [-0.3, -0.25) is 4.79 Å². The molecule has 5 heteroatoms. The number of amides is 1. The minimum atomic E-state index is -0.0196. The smallest absolute Gasteiger partial charge is 0.252 e. The van der Waals surface area contributed by atoms with Crippen LogP contribution < -0.4 is 5.32 Å². The van der Waals surface area contributed by atoms with Crippen molar-refractivity contribution in [3.8, 4) is 0 Å². The standard InChI is InChI=1S/C11H13N3OS/c1-9(6-14-4-3-12-8-14)13-11(15)10-2-5-16-7-10/h2-5,7-9H,6H2,1H3,(H,13,15). The number of thiophene rings is 1. The van der Waals surface area contributed by atoms with E-state index in [9.17, 15) is 4.79 Å². The summed E-state index contributed by atoms with van der Waals surface area (Å²) < 4.78 is 1.94. The molecule has 0 fully saturated rings. The van der Waals surface area contributed by atoms with Gasteiger partial charge in [0.05, 0.1) is 6.33 Å². The van der Waals surface area contributed by atoms with Crippen molar-refractivity contribution in [3.05, 3.63) is 41.1 Å². The largest absolute Gasteiger partial charge is 0.348 e. The van der Waals surface area contributed by atoms with Crippen molar-refractivity contribution >= 4 is 17.2 Å². The van der Waals surface area contributed by atoms with Crippen molar-refractivity contribution in [1.29, 1.82) is 0 Å². The van der Waals surface area contributed by atoms with E-state index in [1.807, 2.05) is 34.5 Å². The van der Waals surface area contributed by atoms with Gasteiger partial charge >= 0.3 is 0 Å². The first kappa shape index (κ1) is 10.9. The van der Waals surface area contributed by atoms with E-state index in [0.717, 1.165) is 12.1 Å². The van der Waals surface area contributed by atoms with E-state index in [1.165, 1.54) is 11.3 Å². The SMILES string of the molecule is CC(Cn1ccnc1)NC(=O)c1ccsc1. The van der Waals surface area contributed by atoms with Gasteiger partial charge in [-0.1, -0.05) is 0 Å². The maximum atomic E-state index is 11.7. The number of hydrogen-bond donors (Lipinski definition) is 1. The lowest BCUT2D eigenvalue weighted by molar-refractivity contribution is 0.0937. The number of rotatable bonds is 4. The highest BCUT2D eigenvalue weighted by atomic mass is 32.1. The molecule has 0 radical (unpaired) electrons. The molecule has 0 saturated carbocycles. The summed E-state index contributed by atoms with van der Waals surface area (Å²) in [6.07, 6.45) is 5.36. The molecule has 1 unspecified atom stereocenters. The molecule has 0 bridgehead atoms. The predicted molar refractivity (Wildman–Crippen MR) is 63.5 cm³/mol. The summed E-state index contributed by atoms with van der Waals surface area (Å²) >= 11 is 1.52. The van der Waals surface area contributed by atoms with Crippen molar-refractivity contribution in [2.75, 3.05) is 0 Å². The molecule has 2 aromatic heterocycles. The Kier molecular flexibility index (Phi) is 3.36. The molecular formula is C11H13N3OS. The quantitative estimate of drug-likeness (QED) is 0.877. The molecule has 0 aliphatic heterocycles. The lowest BCUT2D eigenvalue weighted by atomic mass is 10.2. The summed E-state index contributed by atoms with van der Waals surface area (Å²) in [5, 5.41) is 6.68. The van der Waals surface area contributed by atoms with Crippen LogP contribution in [0.5, 0.6) is 0 Å². The third kappa shape index (κ3) is 2.70. The number of nitrogens with one attached hydrogen (secondary N) is 1. The Morgan fingerprint density at radius 1 is 1.69 bits per heavy atom. The van der Waals surface area contributed by atoms with Gasteiger partial charge in [0.25, 0.3) is 5.91 Å². The Labute approximate surface area is 97.9 Å². The first-order chi connectivity index (χ1) is 7.75. The fraction of sp³-hybridized carbons (Fsp3) is 0.273. The first-order valence-corrected chi connectivity index (χ1v) is 5.99. The fourth-order valence-corrected chi connectivity index (χ4v) is 2.09. The molecule has 4 nitrogen and oxygen atoms in total. The minimum Gasteiger partial charge on any atom is -0.348 e. The Balaban J connectivity index is 1.88. The van der Waals surface area contributed by atoms with Crippen LogP contribution in [0.2, 0.25) is 0 Å². The number of hydrogen-bond acceptors (Lipinski definition) is 3. The van der Waals surface area contributed by atoms with Gasteiger partial charge in [-0.2, -0.15) is 11.3 Å². The molecular weight excluding hydrogens is 222 g/mol. The van der Waals surface area contributed by atoms with E-state index in [4.69, 9.17) is 0 Å². The fourth-order valence-electron chi connectivity index (χ4n) is 1.46. The second-order valence-electron chi connectivity index (χ2n) is 3.65. The van der Waals surface area contributed by atoms with Crippen LogP contribution in [-0.4, -0.2) is 21.5 Å². The molecule has 0 aromatic carbocycles. The third-order valence-electron chi connectivity index (χ3n) is 2.20. The van der Waals surface area contributed by atoms with E-state index in [0.29, 0.717) is 0 Å². The molecule has 0 saturated heterocycles. The number of carbonyl (C=O) groups is 1. The summed E-state index contributed by atoms with van der Waals surface area (Å²) in [4.78, 5) is 15.7. The molecule has 2 aromatic rings. The lowest BCUT2D eigenvalue weighted by Gasteiger charge is -2.13. The molecule has 1 atom stereocenters. The van der Waals surface area contributed by atoms with E-state index < -0.39 is 0 Å². The van der Waals surface area contributed by atoms with Gasteiger partial charge in [0.2, 0.25) is 0 Å². The van der Waals surface area contributed by atoms with Crippen molar-refractivity contribution in [1.82, 2.24) is 14.9 Å². The van der Waals surface area contributed by atoms with Crippen LogP contribution in [-0.2, 0) is 6.54 Å². The highest BCUT2D eigenvalue weighted by Crippen LogP contribution is 2.06. The highest BCUT2D eigenvalue weighted by molar-refractivity contribution is 7.08. The predicted octanol–water partition coefficient (Wildman–Crippen LogP) is 1.76. The van der Waals surface area contributed by atoms with Crippen LogP contribution >= 0.6 is 11.3 Å². The average molecular weight is 235 g/mol. The monoisotopic (exact) mass is 235 g/mol. The first-order valence-electron chi connectivity index (χ1n) is 5.04. The van der Waals surface area contributed by atoms with E-state index in [2.05, 4.69) is 10.3 Å².